The van der Waals surface area contributed by atoms with E-state index in [1.54, 1.807) is 0 Å². The number of benzene rings is 1. The molecule has 1 unspecified atom stereocenters. The molecule has 2 rings (SSSR count). The zero-order valence-corrected chi connectivity index (χ0v) is 12.1. The zero-order valence-electron chi connectivity index (χ0n) is 12.1. The minimum absolute atomic E-state index is 0.140. The molecule has 0 aromatic heterocycles. The Kier molecular flexibility index (Phi) is 4.53. The van der Waals surface area contributed by atoms with Gasteiger partial charge < -0.3 is 20.7 Å². The summed E-state index contributed by atoms with van der Waals surface area (Å²) in [5, 5.41) is 3.46. The Morgan fingerprint density at radius 3 is 2.89 bits per heavy atom. The van der Waals surface area contributed by atoms with Gasteiger partial charge in [-0.15, -0.1) is 0 Å². The van der Waals surface area contributed by atoms with Crippen LogP contribution >= 0.6 is 0 Å². The average molecular weight is 263 g/mol. The van der Waals surface area contributed by atoms with Crippen LogP contribution in [0.5, 0.6) is 5.75 Å². The van der Waals surface area contributed by atoms with Crippen LogP contribution in [0.2, 0.25) is 0 Å². The standard InChI is InChI=1S/C15H25N3O/c1-11(2)19-14-6-4-5-13(15(14)16)17-9-12-7-8-18(3)10-12/h4-6,11-12,17H,7-10,16H2,1-3H3. The van der Waals surface area contributed by atoms with Gasteiger partial charge in [-0.1, -0.05) is 6.07 Å². The molecule has 1 saturated heterocycles. The fourth-order valence-corrected chi connectivity index (χ4v) is 2.50. The lowest BCUT2D eigenvalue weighted by molar-refractivity contribution is 0.244. The van der Waals surface area contributed by atoms with E-state index in [0.29, 0.717) is 11.6 Å². The molecule has 1 aromatic rings. The van der Waals surface area contributed by atoms with E-state index >= 15 is 0 Å². The molecule has 106 valence electrons. The fraction of sp³-hybridized carbons (Fsp3) is 0.600. The van der Waals surface area contributed by atoms with Crippen LogP contribution in [0.4, 0.5) is 11.4 Å². The summed E-state index contributed by atoms with van der Waals surface area (Å²) in [4.78, 5) is 2.37. The van der Waals surface area contributed by atoms with Crippen molar-refractivity contribution < 1.29 is 4.74 Å². The van der Waals surface area contributed by atoms with E-state index in [2.05, 4.69) is 17.3 Å². The van der Waals surface area contributed by atoms with Gasteiger partial charge in [0.15, 0.2) is 0 Å². The topological polar surface area (TPSA) is 50.5 Å². The molecule has 0 saturated carbocycles. The molecule has 1 aromatic carbocycles. The Hall–Kier alpha value is -1.42. The van der Waals surface area contributed by atoms with Gasteiger partial charge in [0, 0.05) is 13.1 Å². The number of likely N-dealkylation sites (tertiary alicyclic amines) is 1. The molecule has 1 aliphatic rings. The lowest BCUT2D eigenvalue weighted by Crippen LogP contribution is -2.19. The van der Waals surface area contributed by atoms with Crippen molar-refractivity contribution >= 4 is 11.4 Å². The summed E-state index contributed by atoms with van der Waals surface area (Å²) in [5.41, 5.74) is 7.84. The first-order valence-corrected chi connectivity index (χ1v) is 7.04. The number of nitrogens with two attached hydrogens (primary N) is 1. The van der Waals surface area contributed by atoms with Crippen LogP contribution in [-0.4, -0.2) is 37.7 Å². The van der Waals surface area contributed by atoms with Crippen LogP contribution in [0.15, 0.2) is 18.2 Å². The molecule has 0 radical (unpaired) electrons. The molecule has 1 fully saturated rings. The second kappa shape index (κ2) is 6.15. The second-order valence-electron chi connectivity index (χ2n) is 5.68. The smallest absolute Gasteiger partial charge is 0.144 e. The highest BCUT2D eigenvalue weighted by Gasteiger charge is 2.19. The molecule has 3 N–H and O–H groups in total. The highest BCUT2D eigenvalue weighted by Crippen LogP contribution is 2.30. The number of nitrogens with zero attached hydrogens (tertiary/aromatic N) is 1. The number of anilines is 2. The van der Waals surface area contributed by atoms with Gasteiger partial charge in [-0.05, 0) is 51.9 Å². The highest BCUT2D eigenvalue weighted by molar-refractivity contribution is 5.72. The first kappa shape index (κ1) is 14.0. The van der Waals surface area contributed by atoms with Gasteiger partial charge in [0.1, 0.15) is 5.75 Å². The van der Waals surface area contributed by atoms with Crippen LogP contribution in [-0.2, 0) is 0 Å². The van der Waals surface area contributed by atoms with Crippen molar-refractivity contribution in [3.63, 3.8) is 0 Å². The lowest BCUT2D eigenvalue weighted by atomic mass is 10.1. The SMILES string of the molecule is CC(C)Oc1cccc(NCC2CCN(C)C2)c1N. The normalized spacial score (nSPS) is 19.9. The molecule has 1 atom stereocenters. The molecule has 0 amide bonds. The van der Waals surface area contributed by atoms with E-state index in [4.69, 9.17) is 10.5 Å². The van der Waals surface area contributed by atoms with Crippen molar-refractivity contribution in [2.75, 3.05) is 37.7 Å². The second-order valence-corrected chi connectivity index (χ2v) is 5.68. The van der Waals surface area contributed by atoms with E-state index in [1.807, 2.05) is 32.0 Å². The largest absolute Gasteiger partial charge is 0.489 e. The van der Waals surface area contributed by atoms with Crippen LogP contribution in [0.3, 0.4) is 0 Å². The third-order valence-electron chi connectivity index (χ3n) is 3.50. The predicted octanol–water partition coefficient (Wildman–Crippen LogP) is 2.42. The summed E-state index contributed by atoms with van der Waals surface area (Å²) in [6.45, 7) is 7.34. The molecule has 0 bridgehead atoms. The Morgan fingerprint density at radius 1 is 1.47 bits per heavy atom. The third kappa shape index (κ3) is 3.77. The summed E-state index contributed by atoms with van der Waals surface area (Å²) >= 11 is 0. The molecule has 0 aliphatic carbocycles. The van der Waals surface area contributed by atoms with Crippen LogP contribution in [0.1, 0.15) is 20.3 Å². The quantitative estimate of drug-likeness (QED) is 0.801. The number of rotatable bonds is 5. The zero-order chi connectivity index (χ0) is 13.8. The molecular weight excluding hydrogens is 238 g/mol. The van der Waals surface area contributed by atoms with E-state index in [9.17, 15) is 0 Å². The average Bonchev–Trinajstić information content (AvgIpc) is 2.76. The van der Waals surface area contributed by atoms with Crippen LogP contribution in [0.25, 0.3) is 0 Å². The molecule has 1 heterocycles. The first-order valence-electron chi connectivity index (χ1n) is 7.04. The first-order chi connectivity index (χ1) is 9.06. The molecule has 19 heavy (non-hydrogen) atoms. The van der Waals surface area contributed by atoms with Crippen molar-refractivity contribution in [2.45, 2.75) is 26.4 Å². The van der Waals surface area contributed by atoms with Gasteiger partial charge in [-0.25, -0.2) is 0 Å². The number of nitrogen functional groups attached to an aromatic ring is 1. The predicted molar refractivity (Wildman–Crippen MR) is 80.7 cm³/mol. The van der Waals surface area contributed by atoms with Crippen molar-refractivity contribution in [2.24, 2.45) is 5.92 Å². The Morgan fingerprint density at radius 2 is 2.26 bits per heavy atom. The Labute approximate surface area is 115 Å². The van der Waals surface area contributed by atoms with E-state index in [0.717, 1.165) is 24.5 Å². The van der Waals surface area contributed by atoms with Crippen molar-refractivity contribution in [1.82, 2.24) is 4.90 Å². The van der Waals surface area contributed by atoms with Crippen molar-refractivity contribution in [1.29, 1.82) is 0 Å². The van der Waals surface area contributed by atoms with Gasteiger partial charge in [0.25, 0.3) is 0 Å². The van der Waals surface area contributed by atoms with Crippen LogP contribution in [0, 0.1) is 5.92 Å². The minimum atomic E-state index is 0.140. The Bertz CT molecular complexity index is 420. The summed E-state index contributed by atoms with van der Waals surface area (Å²) in [7, 11) is 2.17. The number of nitrogens with one attached hydrogen (secondary N) is 1. The number of ether oxygens (including phenoxy) is 1. The van der Waals surface area contributed by atoms with E-state index < -0.39 is 0 Å². The molecular formula is C15H25N3O. The molecule has 0 spiro atoms. The summed E-state index contributed by atoms with van der Waals surface area (Å²) in [5.74, 6) is 1.47. The van der Waals surface area contributed by atoms with Crippen molar-refractivity contribution in [3.05, 3.63) is 18.2 Å². The third-order valence-corrected chi connectivity index (χ3v) is 3.50. The maximum absolute atomic E-state index is 6.15. The molecule has 1 aliphatic heterocycles. The Balaban J connectivity index is 1.96. The maximum Gasteiger partial charge on any atom is 0.144 e. The van der Waals surface area contributed by atoms with Gasteiger partial charge in [0.2, 0.25) is 0 Å². The van der Waals surface area contributed by atoms with Crippen LogP contribution < -0.4 is 15.8 Å². The highest BCUT2D eigenvalue weighted by atomic mass is 16.5. The number of para-hydroxylation sites is 1. The fourth-order valence-electron chi connectivity index (χ4n) is 2.50. The van der Waals surface area contributed by atoms with Gasteiger partial charge in [0.05, 0.1) is 17.5 Å². The van der Waals surface area contributed by atoms with Crippen molar-refractivity contribution in [3.8, 4) is 5.75 Å². The summed E-state index contributed by atoms with van der Waals surface area (Å²) < 4.78 is 5.70. The number of hydrogen-bond donors (Lipinski definition) is 2. The summed E-state index contributed by atoms with van der Waals surface area (Å²) in [6.07, 6.45) is 1.40. The number of hydrogen-bond acceptors (Lipinski definition) is 4. The van der Waals surface area contributed by atoms with Gasteiger partial charge >= 0.3 is 0 Å². The molecule has 4 nitrogen and oxygen atoms in total. The van der Waals surface area contributed by atoms with E-state index in [1.165, 1.54) is 13.0 Å². The van der Waals surface area contributed by atoms with E-state index in [-0.39, 0.29) is 6.10 Å². The lowest BCUT2D eigenvalue weighted by Gasteiger charge is -2.17. The molecule has 4 heteroatoms. The minimum Gasteiger partial charge on any atom is -0.489 e. The maximum atomic E-state index is 6.15. The van der Waals surface area contributed by atoms with Gasteiger partial charge in [-0.3, -0.25) is 0 Å². The summed E-state index contributed by atoms with van der Waals surface area (Å²) in [6, 6.07) is 5.92. The van der Waals surface area contributed by atoms with Gasteiger partial charge in [-0.2, -0.15) is 0 Å². The monoisotopic (exact) mass is 263 g/mol.